The quantitative estimate of drug-likeness (QED) is 0.447. The summed E-state index contributed by atoms with van der Waals surface area (Å²) in [6, 6.07) is 0. The molecule has 32 valence electrons. The third-order valence-electron chi connectivity index (χ3n) is 0.700. The fraction of sp³-hybridized carbons (Fsp3) is 0.400. The van der Waals surface area contributed by atoms with Crippen LogP contribution in [0.4, 0.5) is 0 Å². The number of nitrogens with zero attached hydrogens (tertiary/aromatic N) is 1. The first-order valence-electron chi connectivity index (χ1n) is 2.09. The van der Waals surface area contributed by atoms with Crippen LogP contribution in [0.25, 0.3) is 0 Å². The summed E-state index contributed by atoms with van der Waals surface area (Å²) in [4.78, 5) is 3.92. The molecule has 0 fully saturated rings. The van der Waals surface area contributed by atoms with Gasteiger partial charge in [-0.2, -0.15) is 0 Å². The number of hydrogen-bond donors (Lipinski definition) is 0. The van der Waals surface area contributed by atoms with Crippen LogP contribution in [0.2, 0.25) is 0 Å². The van der Waals surface area contributed by atoms with Gasteiger partial charge < -0.3 is 0 Å². The minimum Gasteiger partial charge on any atom is -0.281 e. The van der Waals surface area contributed by atoms with Crippen molar-refractivity contribution in [2.45, 2.75) is 6.92 Å². The highest BCUT2D eigenvalue weighted by atomic mass is 14.9. The standard InChI is InChI=1S/C5H7N/c1-2-3-5-4-6-5/h2-3H,4H2,1H3/b3-2-. The lowest BCUT2D eigenvalue weighted by molar-refractivity contribution is 1.57. The second-order valence-electron chi connectivity index (χ2n) is 1.31. The molecule has 0 spiro atoms. The van der Waals surface area contributed by atoms with E-state index in [2.05, 4.69) is 4.99 Å². The molecule has 1 heteroatoms. The molecule has 0 aromatic heterocycles. The normalized spacial score (nSPS) is 18.5. The molecule has 0 aromatic rings. The van der Waals surface area contributed by atoms with Crippen LogP contribution >= 0.6 is 0 Å². The van der Waals surface area contributed by atoms with Crippen molar-refractivity contribution in [3.8, 4) is 0 Å². The Labute approximate surface area is 37.4 Å². The van der Waals surface area contributed by atoms with Crippen LogP contribution in [0.1, 0.15) is 6.92 Å². The van der Waals surface area contributed by atoms with E-state index in [1.54, 1.807) is 0 Å². The van der Waals surface area contributed by atoms with E-state index in [1.807, 2.05) is 19.1 Å². The van der Waals surface area contributed by atoms with Crippen LogP contribution in [0.3, 0.4) is 0 Å². The van der Waals surface area contributed by atoms with Gasteiger partial charge in [-0.25, -0.2) is 0 Å². The van der Waals surface area contributed by atoms with Crippen LogP contribution in [0.15, 0.2) is 17.1 Å². The van der Waals surface area contributed by atoms with Gasteiger partial charge in [0.05, 0.1) is 12.3 Å². The Morgan fingerprint density at radius 2 is 2.50 bits per heavy atom. The molecule has 0 radical (unpaired) electrons. The van der Waals surface area contributed by atoms with Gasteiger partial charge in [0.1, 0.15) is 0 Å². The Morgan fingerprint density at radius 1 is 1.83 bits per heavy atom. The summed E-state index contributed by atoms with van der Waals surface area (Å²) in [6.45, 7) is 2.98. The molecule has 0 saturated carbocycles. The smallest absolute Gasteiger partial charge is 0.0811 e. The van der Waals surface area contributed by atoms with Gasteiger partial charge in [-0.3, -0.25) is 4.99 Å². The Balaban J connectivity index is 2.34. The van der Waals surface area contributed by atoms with Crippen LogP contribution in [0, 0.1) is 0 Å². The SMILES string of the molecule is C/C=C\C1=NC1. The Hall–Kier alpha value is -0.590. The first kappa shape index (κ1) is 3.59. The number of allylic oxidation sites excluding steroid dienone is 1. The summed E-state index contributed by atoms with van der Waals surface area (Å²) < 4.78 is 0. The van der Waals surface area contributed by atoms with Crippen molar-refractivity contribution in [1.29, 1.82) is 0 Å². The Bertz CT molecular complexity index is 101. The minimum atomic E-state index is 0.977. The topological polar surface area (TPSA) is 12.4 Å². The second kappa shape index (κ2) is 1.25. The van der Waals surface area contributed by atoms with E-state index in [9.17, 15) is 0 Å². The molecule has 0 unspecified atom stereocenters. The van der Waals surface area contributed by atoms with E-state index in [1.165, 1.54) is 5.71 Å². The van der Waals surface area contributed by atoms with E-state index in [-0.39, 0.29) is 0 Å². The summed E-state index contributed by atoms with van der Waals surface area (Å²) in [7, 11) is 0. The van der Waals surface area contributed by atoms with Crippen molar-refractivity contribution >= 4 is 5.71 Å². The molecule has 0 aliphatic carbocycles. The van der Waals surface area contributed by atoms with Gasteiger partial charge >= 0.3 is 0 Å². The number of aliphatic imine (C=N–C) groups is 1. The van der Waals surface area contributed by atoms with E-state index < -0.39 is 0 Å². The lowest BCUT2D eigenvalue weighted by Crippen LogP contribution is -1.66. The second-order valence-corrected chi connectivity index (χ2v) is 1.31. The molecule has 1 nitrogen and oxygen atoms in total. The third kappa shape index (κ3) is 0.677. The fourth-order valence-electron chi connectivity index (χ4n) is 0.343. The maximum absolute atomic E-state index is 3.92. The molecule has 1 aliphatic rings. The van der Waals surface area contributed by atoms with Crippen molar-refractivity contribution in [3.63, 3.8) is 0 Å². The monoisotopic (exact) mass is 81.1 g/mol. The molecule has 6 heavy (non-hydrogen) atoms. The molecule has 1 aliphatic heterocycles. The predicted molar refractivity (Wildman–Crippen MR) is 27.1 cm³/mol. The molecule has 0 saturated heterocycles. The summed E-state index contributed by atoms with van der Waals surface area (Å²) in [5.74, 6) is 0. The Morgan fingerprint density at radius 3 is 2.67 bits per heavy atom. The summed E-state index contributed by atoms with van der Waals surface area (Å²) in [5.41, 5.74) is 1.23. The highest BCUT2D eigenvalue weighted by molar-refractivity contribution is 6.05. The molecule has 0 aromatic carbocycles. The summed E-state index contributed by atoms with van der Waals surface area (Å²) in [5, 5.41) is 0. The van der Waals surface area contributed by atoms with E-state index in [0.717, 1.165) is 6.54 Å². The molecule has 0 amide bonds. The highest BCUT2D eigenvalue weighted by Crippen LogP contribution is 1.95. The molecule has 1 rings (SSSR count). The largest absolute Gasteiger partial charge is 0.281 e. The van der Waals surface area contributed by atoms with Crippen molar-refractivity contribution < 1.29 is 0 Å². The zero-order valence-electron chi connectivity index (χ0n) is 3.81. The molecule has 1 heterocycles. The maximum atomic E-state index is 3.92. The Kier molecular flexibility index (Phi) is 0.748. The number of hydrogen-bond acceptors (Lipinski definition) is 1. The lowest BCUT2D eigenvalue weighted by atomic mass is 10.4. The fourth-order valence-corrected chi connectivity index (χ4v) is 0.343. The zero-order valence-corrected chi connectivity index (χ0v) is 3.81. The molecule has 0 atom stereocenters. The first-order valence-corrected chi connectivity index (χ1v) is 2.09. The van der Waals surface area contributed by atoms with Crippen LogP contribution < -0.4 is 0 Å². The van der Waals surface area contributed by atoms with Gasteiger partial charge in [-0.05, 0) is 13.0 Å². The average molecular weight is 81.1 g/mol. The third-order valence-corrected chi connectivity index (χ3v) is 0.700. The summed E-state index contributed by atoms with van der Waals surface area (Å²) in [6.07, 6.45) is 4.03. The van der Waals surface area contributed by atoms with Crippen molar-refractivity contribution in [3.05, 3.63) is 12.2 Å². The maximum Gasteiger partial charge on any atom is 0.0811 e. The molecule has 0 N–H and O–H groups in total. The average Bonchev–Trinajstić information content (AvgIpc) is 2.21. The van der Waals surface area contributed by atoms with Gasteiger partial charge in [0, 0.05) is 0 Å². The van der Waals surface area contributed by atoms with Crippen LogP contribution in [-0.2, 0) is 0 Å². The van der Waals surface area contributed by atoms with E-state index >= 15 is 0 Å². The minimum absolute atomic E-state index is 0.977. The predicted octanol–water partition coefficient (Wildman–Crippen LogP) is 1.02. The highest BCUT2D eigenvalue weighted by Gasteiger charge is 2.01. The van der Waals surface area contributed by atoms with Crippen molar-refractivity contribution in [2.75, 3.05) is 6.54 Å². The van der Waals surface area contributed by atoms with Crippen LogP contribution in [0.5, 0.6) is 0 Å². The van der Waals surface area contributed by atoms with Gasteiger partial charge in [-0.1, -0.05) is 6.08 Å². The zero-order chi connectivity index (χ0) is 4.41. The molecule has 0 bridgehead atoms. The van der Waals surface area contributed by atoms with Gasteiger partial charge in [0.25, 0.3) is 0 Å². The first-order chi connectivity index (χ1) is 2.93. The lowest BCUT2D eigenvalue weighted by Gasteiger charge is -1.59. The molecular weight excluding hydrogens is 74.1 g/mol. The van der Waals surface area contributed by atoms with Gasteiger partial charge in [0.15, 0.2) is 0 Å². The van der Waals surface area contributed by atoms with E-state index in [4.69, 9.17) is 0 Å². The van der Waals surface area contributed by atoms with Crippen molar-refractivity contribution in [1.82, 2.24) is 0 Å². The van der Waals surface area contributed by atoms with Crippen molar-refractivity contribution in [2.24, 2.45) is 4.99 Å². The van der Waals surface area contributed by atoms with Crippen LogP contribution in [-0.4, -0.2) is 12.3 Å². The van der Waals surface area contributed by atoms with Gasteiger partial charge in [-0.15, -0.1) is 0 Å². The molecular formula is C5H7N. The summed E-state index contributed by atoms with van der Waals surface area (Å²) >= 11 is 0. The van der Waals surface area contributed by atoms with E-state index in [0.29, 0.717) is 0 Å². The van der Waals surface area contributed by atoms with Gasteiger partial charge in [0.2, 0.25) is 0 Å². The number of rotatable bonds is 1.